The molecule has 1 fully saturated rings. The first-order chi connectivity index (χ1) is 8.38. The van der Waals surface area contributed by atoms with Crippen molar-refractivity contribution in [2.45, 2.75) is 32.7 Å². The molecular weight excluding hydrogens is 232 g/mol. The minimum absolute atomic E-state index is 0.0782. The van der Waals surface area contributed by atoms with Gasteiger partial charge in [-0.3, -0.25) is 14.9 Å². The largest absolute Gasteiger partial charge is 0.353 e. The number of hydrogen-bond donors (Lipinski definition) is 1. The van der Waals surface area contributed by atoms with Crippen LogP contribution in [0.1, 0.15) is 25.8 Å². The smallest absolute Gasteiger partial charge is 0.269 e. The molecular formula is C13H16N2O3. The summed E-state index contributed by atoms with van der Waals surface area (Å²) < 4.78 is 0. The third-order valence-corrected chi connectivity index (χ3v) is 3.34. The monoisotopic (exact) mass is 248 g/mol. The Hall–Kier alpha value is -1.91. The highest BCUT2D eigenvalue weighted by Crippen LogP contribution is 2.30. The van der Waals surface area contributed by atoms with Gasteiger partial charge >= 0.3 is 0 Å². The second-order valence-electron chi connectivity index (χ2n) is 5.39. The van der Waals surface area contributed by atoms with Gasteiger partial charge in [0, 0.05) is 23.6 Å². The third kappa shape index (κ3) is 2.50. The lowest BCUT2D eigenvalue weighted by atomic mass is 9.88. The van der Waals surface area contributed by atoms with E-state index in [0.29, 0.717) is 6.42 Å². The lowest BCUT2D eigenvalue weighted by Crippen LogP contribution is -2.29. The highest BCUT2D eigenvalue weighted by atomic mass is 16.6. The first-order valence-electron chi connectivity index (χ1n) is 5.93. The number of amides is 1. The van der Waals surface area contributed by atoms with E-state index in [4.69, 9.17) is 0 Å². The summed E-state index contributed by atoms with van der Waals surface area (Å²) in [7, 11) is 0. The second kappa shape index (κ2) is 4.40. The molecule has 1 saturated heterocycles. The van der Waals surface area contributed by atoms with E-state index >= 15 is 0 Å². The highest BCUT2D eigenvalue weighted by Gasteiger charge is 2.38. The van der Waals surface area contributed by atoms with Crippen molar-refractivity contribution in [2.75, 3.05) is 0 Å². The Morgan fingerprint density at radius 2 is 2.00 bits per heavy atom. The summed E-state index contributed by atoms with van der Waals surface area (Å²) in [4.78, 5) is 21.8. The molecule has 0 spiro atoms. The van der Waals surface area contributed by atoms with Crippen LogP contribution in [0.15, 0.2) is 24.3 Å². The first kappa shape index (κ1) is 12.5. The Morgan fingerprint density at radius 1 is 1.39 bits per heavy atom. The fraction of sp³-hybridized carbons (Fsp3) is 0.462. The molecule has 5 heteroatoms. The molecule has 0 unspecified atom stereocenters. The Kier molecular flexibility index (Phi) is 3.07. The zero-order valence-electron chi connectivity index (χ0n) is 10.5. The van der Waals surface area contributed by atoms with Gasteiger partial charge in [-0.15, -0.1) is 0 Å². The Bertz CT molecular complexity index is 480. The summed E-state index contributed by atoms with van der Waals surface area (Å²) in [6.07, 6.45) is 1.51. The molecule has 0 bridgehead atoms. The van der Waals surface area contributed by atoms with Crippen LogP contribution in [0, 0.1) is 15.5 Å². The average molecular weight is 248 g/mol. The summed E-state index contributed by atoms with van der Waals surface area (Å²) in [5, 5.41) is 13.5. The predicted octanol–water partition coefficient (Wildman–Crippen LogP) is 2.05. The summed E-state index contributed by atoms with van der Waals surface area (Å²) in [6, 6.07) is 6.61. The van der Waals surface area contributed by atoms with Gasteiger partial charge < -0.3 is 5.32 Å². The molecule has 1 N–H and O–H groups in total. The molecule has 0 saturated carbocycles. The number of nitrogens with one attached hydrogen (secondary N) is 1. The normalized spacial score (nSPS) is 21.7. The first-order valence-corrected chi connectivity index (χ1v) is 5.93. The molecule has 96 valence electrons. The molecule has 1 heterocycles. The van der Waals surface area contributed by atoms with Gasteiger partial charge in [-0.2, -0.15) is 0 Å². The third-order valence-electron chi connectivity index (χ3n) is 3.34. The van der Waals surface area contributed by atoms with Gasteiger partial charge in [-0.05, 0) is 18.4 Å². The van der Waals surface area contributed by atoms with E-state index in [9.17, 15) is 14.9 Å². The number of rotatable bonds is 3. The number of nitrogens with zero attached hydrogens (tertiary/aromatic N) is 1. The number of non-ortho nitro benzene ring substituents is 1. The van der Waals surface area contributed by atoms with E-state index in [-0.39, 0.29) is 23.1 Å². The maximum absolute atomic E-state index is 11.6. The molecule has 1 aromatic rings. The zero-order valence-corrected chi connectivity index (χ0v) is 10.5. The topological polar surface area (TPSA) is 72.2 Å². The number of hydrogen-bond acceptors (Lipinski definition) is 3. The minimum atomic E-state index is -0.412. The molecule has 0 radical (unpaired) electrons. The van der Waals surface area contributed by atoms with Gasteiger partial charge in [0.2, 0.25) is 5.91 Å². The molecule has 1 amide bonds. The molecule has 18 heavy (non-hydrogen) atoms. The number of benzene rings is 1. The van der Waals surface area contributed by atoms with Crippen LogP contribution >= 0.6 is 0 Å². The van der Waals surface area contributed by atoms with Gasteiger partial charge in [-0.1, -0.05) is 26.0 Å². The van der Waals surface area contributed by atoms with E-state index in [0.717, 1.165) is 12.0 Å². The summed E-state index contributed by atoms with van der Waals surface area (Å²) >= 11 is 0. The lowest BCUT2D eigenvalue weighted by Gasteiger charge is -2.12. The van der Waals surface area contributed by atoms with Crippen LogP contribution in [0.3, 0.4) is 0 Å². The molecule has 1 aromatic carbocycles. The van der Waals surface area contributed by atoms with Gasteiger partial charge in [-0.25, -0.2) is 0 Å². The maximum Gasteiger partial charge on any atom is 0.269 e. The Labute approximate surface area is 105 Å². The van der Waals surface area contributed by atoms with Crippen molar-refractivity contribution in [2.24, 2.45) is 5.41 Å². The maximum atomic E-state index is 11.6. The van der Waals surface area contributed by atoms with Crippen LogP contribution < -0.4 is 5.32 Å². The van der Waals surface area contributed by atoms with E-state index in [2.05, 4.69) is 5.32 Å². The number of nitro groups is 1. The molecule has 5 nitrogen and oxygen atoms in total. The van der Waals surface area contributed by atoms with Crippen LogP contribution in [-0.2, 0) is 11.2 Å². The highest BCUT2D eigenvalue weighted by molar-refractivity contribution is 5.84. The van der Waals surface area contributed by atoms with E-state index in [1.807, 2.05) is 13.8 Å². The summed E-state index contributed by atoms with van der Waals surface area (Å²) in [5.74, 6) is 0.0782. The summed E-state index contributed by atoms with van der Waals surface area (Å²) in [5.41, 5.74) is 0.781. The SMILES string of the molecule is CC1(C)C[C@@H](Cc2ccc([N+](=O)[O-])cc2)NC1=O. The summed E-state index contributed by atoms with van der Waals surface area (Å²) in [6.45, 7) is 3.86. The van der Waals surface area contributed by atoms with Crippen LogP contribution in [0.4, 0.5) is 5.69 Å². The van der Waals surface area contributed by atoms with Crippen molar-refractivity contribution in [3.05, 3.63) is 39.9 Å². The molecule has 1 aliphatic rings. The van der Waals surface area contributed by atoms with Crippen molar-refractivity contribution in [1.29, 1.82) is 0 Å². The van der Waals surface area contributed by atoms with Crippen molar-refractivity contribution >= 4 is 11.6 Å². The zero-order chi connectivity index (χ0) is 13.3. The van der Waals surface area contributed by atoms with E-state index < -0.39 is 4.92 Å². The van der Waals surface area contributed by atoms with Gasteiger partial charge in [0.25, 0.3) is 5.69 Å². The van der Waals surface area contributed by atoms with Gasteiger partial charge in [0.05, 0.1) is 4.92 Å². The quantitative estimate of drug-likeness (QED) is 0.657. The molecule has 2 rings (SSSR count). The van der Waals surface area contributed by atoms with Crippen LogP contribution in [-0.4, -0.2) is 16.9 Å². The minimum Gasteiger partial charge on any atom is -0.353 e. The van der Waals surface area contributed by atoms with Crippen molar-refractivity contribution < 1.29 is 9.72 Å². The fourth-order valence-electron chi connectivity index (χ4n) is 2.30. The number of nitro benzene ring substituents is 1. The lowest BCUT2D eigenvalue weighted by molar-refractivity contribution is -0.384. The van der Waals surface area contributed by atoms with E-state index in [1.165, 1.54) is 12.1 Å². The van der Waals surface area contributed by atoms with Crippen molar-refractivity contribution in [3.63, 3.8) is 0 Å². The molecule has 1 aliphatic heterocycles. The number of carbonyl (C=O) groups excluding carboxylic acids is 1. The fourth-order valence-corrected chi connectivity index (χ4v) is 2.30. The average Bonchev–Trinajstić information content (AvgIpc) is 2.53. The standard InChI is InChI=1S/C13H16N2O3/c1-13(2)8-10(14-12(13)16)7-9-3-5-11(6-4-9)15(17)18/h3-6,10H,7-8H2,1-2H3,(H,14,16)/t10-/m1/s1. The van der Waals surface area contributed by atoms with Crippen molar-refractivity contribution in [1.82, 2.24) is 5.32 Å². The second-order valence-corrected chi connectivity index (χ2v) is 5.39. The van der Waals surface area contributed by atoms with Gasteiger partial charge in [0.1, 0.15) is 0 Å². The van der Waals surface area contributed by atoms with Gasteiger partial charge in [0.15, 0.2) is 0 Å². The predicted molar refractivity (Wildman–Crippen MR) is 67.1 cm³/mol. The Balaban J connectivity index is 2.03. The van der Waals surface area contributed by atoms with Crippen molar-refractivity contribution in [3.8, 4) is 0 Å². The van der Waals surface area contributed by atoms with E-state index in [1.54, 1.807) is 12.1 Å². The van der Waals surface area contributed by atoms with Crippen LogP contribution in [0.25, 0.3) is 0 Å². The van der Waals surface area contributed by atoms with Crippen LogP contribution in [0.2, 0.25) is 0 Å². The number of carbonyl (C=O) groups is 1. The van der Waals surface area contributed by atoms with Crippen LogP contribution in [0.5, 0.6) is 0 Å². The molecule has 1 atom stereocenters. The Morgan fingerprint density at radius 3 is 2.44 bits per heavy atom. The molecule has 0 aliphatic carbocycles. The molecule has 0 aromatic heterocycles.